The molecule has 146 heavy (non-hydrogen) atoms. The summed E-state index contributed by atoms with van der Waals surface area (Å²) in [4.78, 5) is 323. The summed E-state index contributed by atoms with van der Waals surface area (Å²) in [5, 5.41) is 138. The van der Waals surface area contributed by atoms with E-state index in [1.165, 1.54) is 23.6 Å². The number of aliphatic hydroxyl groups is 2. The lowest BCUT2D eigenvalue weighted by atomic mass is 10.0. The molecule has 0 spiro atoms. The number of nitrogens with two attached hydrogens (primary N) is 6. The van der Waals surface area contributed by atoms with E-state index in [0.717, 1.165) is 40.1 Å². The van der Waals surface area contributed by atoms with Crippen molar-refractivity contribution in [3.63, 3.8) is 0 Å². The number of thioether (sulfide) groups is 1. The Morgan fingerprint density at radius 1 is 0.459 bits per heavy atom. The number of unbranched alkanes of at least 4 members (excludes halogenated alkanes) is 5. The van der Waals surface area contributed by atoms with Crippen LogP contribution in [0.15, 0.2) is 40.7 Å². The van der Waals surface area contributed by atoms with Gasteiger partial charge in [0.15, 0.2) is 5.96 Å². The number of aliphatic hydroxyl groups excluding tert-OH is 2. The van der Waals surface area contributed by atoms with Gasteiger partial charge >= 0.3 is 35.8 Å². The first-order valence-electron chi connectivity index (χ1n) is 46.9. The number of rotatable bonds is 57. The van der Waals surface area contributed by atoms with Gasteiger partial charge in [0.05, 0.1) is 50.2 Å². The van der Waals surface area contributed by atoms with Crippen molar-refractivity contribution in [3.05, 3.63) is 51.7 Å². The smallest absolute Gasteiger partial charge is 0.326 e. The largest absolute Gasteiger partial charge is 0.508 e. The highest BCUT2D eigenvalue weighted by molar-refractivity contribution is 8.15. The number of phenols is 1. The molecule has 1 aromatic heterocycles. The fourth-order valence-electron chi connectivity index (χ4n) is 15.2. The molecule has 3 aliphatic heterocycles. The standard InChI is InChI=1S/C87H131N25O32S2/c88-24-6-1-2-12-45(70(128)104-54(34-65(119)120)77(135)106-56(36-67(123)124)79(137)107-55(35-66(121)122)78(136)105-53(33-64(117)118)75(133)101-50(86(143)144)15-5-9-27-91)96-73(131)51(30-42-18-20-44(115)21-19-42)102-76(134)57(37-68(125)126)108-81(139)59(39-114)110-74(132)52-31-43-32-62(145-40-43)84-111-60(41-146-84)82(140)97-46(13-3-7-25-89)69(127)98-48(22-23-63(92)116)72(130)100-49(14-4-8-26-90)85(142)112-29-11-17-61(112)83(141)99-47(16-10-28-95-87(93)94)71(129)109-58(38-113)80(138)103-52/h18-21,32,40,45-61,113-115H,1-17,22-31,33-39,41,88-91H2,(H2,92,116)(H,96,131)(H,97,140)(H,98,127)(H,99,141)(H,100,130)(H,101,133)(H,102,134)(H,103,138)(H,104,128)(H,105,136)(H,106,135)(H,107,137)(H,108,139)(H,109,129)(H,110,132)(H,117,118)(H,119,120)(H,121,122)(H,123,124)(H,125,126)(H,143,144)(H4,93,94,95)/t45-,46-,47-,48-,49-,50-,51-,52-,53?,54-,55-,56-,57-,58-,59-,60-,61?/m0/s1. The van der Waals surface area contributed by atoms with Crippen LogP contribution in [0.3, 0.4) is 0 Å². The molecule has 2 aromatic rings. The molecule has 0 saturated carbocycles. The predicted molar refractivity (Wildman–Crippen MR) is 513 cm³/mol. The molecule has 1 saturated heterocycles. The third-order valence-corrected chi connectivity index (χ3v) is 25.1. The fourth-order valence-corrected chi connectivity index (χ4v) is 17.3. The maximum absolute atomic E-state index is 15.0. The van der Waals surface area contributed by atoms with Crippen LogP contribution in [-0.4, -0.2) is 359 Å². The number of hydrogen-bond acceptors (Lipinski definition) is 34. The first kappa shape index (κ1) is 122. The lowest BCUT2D eigenvalue weighted by molar-refractivity contribution is -0.145. The van der Waals surface area contributed by atoms with Crippen molar-refractivity contribution in [2.75, 3.05) is 58.2 Å². The number of aromatic hydroxyl groups is 1. The van der Waals surface area contributed by atoms with E-state index in [1.807, 2.05) is 21.3 Å². The van der Waals surface area contributed by atoms with Crippen molar-refractivity contribution in [2.45, 2.75) is 270 Å². The molecule has 5 rings (SSSR count). The zero-order chi connectivity index (χ0) is 109. The minimum absolute atomic E-state index is 0.0150. The second-order valence-electron chi connectivity index (χ2n) is 34.4. The van der Waals surface area contributed by atoms with Crippen molar-refractivity contribution in [2.24, 2.45) is 39.4 Å². The molecule has 0 radical (unpaired) electrons. The summed E-state index contributed by atoms with van der Waals surface area (Å²) in [5.74, 6) is -33.0. The van der Waals surface area contributed by atoms with Gasteiger partial charge in [-0.05, 0) is 164 Å². The van der Waals surface area contributed by atoms with E-state index < -0.39 is 322 Å². The highest BCUT2D eigenvalue weighted by Crippen LogP contribution is 2.30. The third-order valence-electron chi connectivity index (χ3n) is 22.9. The van der Waals surface area contributed by atoms with Crippen molar-refractivity contribution < 1.29 is 156 Å². The van der Waals surface area contributed by atoms with E-state index in [2.05, 4.69) is 68.8 Å². The van der Waals surface area contributed by atoms with Crippen LogP contribution in [0.4, 0.5) is 0 Å². The van der Waals surface area contributed by atoms with Crippen LogP contribution in [0.25, 0.3) is 0 Å². The number of guanidine groups is 1. The quantitative estimate of drug-likeness (QED) is 0.0166. The summed E-state index contributed by atoms with van der Waals surface area (Å²) >= 11 is 2.08. The number of amides is 17. The van der Waals surface area contributed by atoms with Gasteiger partial charge in [-0.2, -0.15) is 0 Å². The molecule has 1 aromatic carbocycles. The number of primary amides is 1. The number of hydrogen-bond donors (Lipinski definition) is 32. The number of fused-ring (bicyclic) bond motifs is 5. The molecule has 59 heteroatoms. The molecule has 38 N–H and O–H groups in total. The third kappa shape index (κ3) is 42.5. The van der Waals surface area contributed by atoms with E-state index in [9.17, 15) is 151 Å². The Morgan fingerprint density at radius 2 is 0.863 bits per heavy atom. The van der Waals surface area contributed by atoms with Gasteiger partial charge in [0.25, 0.3) is 0 Å². The average Bonchev–Trinajstić information content (AvgIpc) is 1.65. The second-order valence-corrected chi connectivity index (χ2v) is 36.4. The van der Waals surface area contributed by atoms with Gasteiger partial charge in [-0.3, -0.25) is 116 Å². The Balaban J connectivity index is 1.52. The topological polar surface area (TPSA) is 963 Å². The molecule has 4 bridgehead atoms. The number of carboxylic acid groups (broad SMARTS) is 6. The number of aliphatic carboxylic acids is 6. The Morgan fingerprint density at radius 3 is 1.34 bits per heavy atom. The van der Waals surface area contributed by atoms with E-state index in [4.69, 9.17) is 39.8 Å². The van der Waals surface area contributed by atoms with Crippen LogP contribution >= 0.6 is 23.1 Å². The highest BCUT2D eigenvalue weighted by atomic mass is 32.2. The number of phenolic OH excluding ortho intramolecular Hbond substituents is 1. The van der Waals surface area contributed by atoms with Crippen LogP contribution in [-0.2, 0) is 123 Å². The summed E-state index contributed by atoms with van der Waals surface area (Å²) < 4.78 is 0. The predicted octanol–water partition coefficient (Wildman–Crippen LogP) is -10.7. The molecule has 808 valence electrons. The lowest BCUT2D eigenvalue weighted by Crippen LogP contribution is -2.62. The van der Waals surface area contributed by atoms with Crippen LogP contribution in [0.5, 0.6) is 5.75 Å². The minimum atomic E-state index is -2.44. The highest BCUT2D eigenvalue weighted by Gasteiger charge is 2.44. The zero-order valence-electron chi connectivity index (χ0n) is 79.6. The van der Waals surface area contributed by atoms with Crippen molar-refractivity contribution in [3.8, 4) is 5.75 Å². The van der Waals surface area contributed by atoms with Crippen LogP contribution in [0, 0.1) is 5.41 Å². The second kappa shape index (κ2) is 63.0. The van der Waals surface area contributed by atoms with Crippen LogP contribution in [0.2, 0.25) is 0 Å². The summed E-state index contributed by atoms with van der Waals surface area (Å²) in [6, 6.07) is -25.9. The summed E-state index contributed by atoms with van der Waals surface area (Å²) in [6.45, 7) is -2.29. The number of nitrogens with one attached hydrogen (secondary N) is 17. The number of aliphatic imine (C=N–C) groups is 1. The lowest BCUT2D eigenvalue weighted by Gasteiger charge is -2.31. The van der Waals surface area contributed by atoms with E-state index in [-0.39, 0.29) is 150 Å². The van der Waals surface area contributed by atoms with Crippen LogP contribution in [0.1, 0.15) is 170 Å². The first-order valence-corrected chi connectivity index (χ1v) is 48.7. The monoisotopic (exact) mass is 2100 g/mol. The molecular formula is C87H131N25O32S2. The van der Waals surface area contributed by atoms with Crippen molar-refractivity contribution in [1.29, 1.82) is 5.41 Å². The van der Waals surface area contributed by atoms with E-state index in [1.54, 1.807) is 0 Å². The van der Waals surface area contributed by atoms with Gasteiger partial charge in [0.1, 0.15) is 114 Å². The van der Waals surface area contributed by atoms with Crippen LogP contribution < -0.4 is 119 Å². The first-order chi connectivity index (χ1) is 69.2. The van der Waals surface area contributed by atoms with Gasteiger partial charge < -0.3 is 170 Å². The van der Waals surface area contributed by atoms with Gasteiger partial charge in [-0.1, -0.05) is 25.0 Å². The average molecular weight is 2100 g/mol. The summed E-state index contributed by atoms with van der Waals surface area (Å²) in [7, 11) is 0. The fraction of sp³-hybridized carbons (Fsp3) is 0.598. The molecule has 0 aliphatic carbocycles. The van der Waals surface area contributed by atoms with Gasteiger partial charge in [-0.25, -0.2) is 4.79 Å². The Labute approximate surface area is 842 Å². The summed E-state index contributed by atoms with van der Waals surface area (Å²) in [6.07, 6.45) is -7.84. The number of benzene rings is 1. The number of carbonyl (C=O) groups excluding carboxylic acids is 17. The van der Waals surface area contributed by atoms with Gasteiger partial charge in [0, 0.05) is 38.1 Å². The molecule has 1 fully saturated rings. The van der Waals surface area contributed by atoms with Gasteiger partial charge in [0.2, 0.25) is 100 Å². The zero-order valence-corrected chi connectivity index (χ0v) is 81.3. The minimum Gasteiger partial charge on any atom is -0.508 e. The van der Waals surface area contributed by atoms with E-state index in [0.29, 0.717) is 24.1 Å². The Bertz CT molecular complexity index is 4980. The molecule has 17 amide bonds. The van der Waals surface area contributed by atoms with Crippen molar-refractivity contribution >= 4 is 170 Å². The van der Waals surface area contributed by atoms with Gasteiger partial charge in [-0.15, -0.1) is 23.1 Å². The number of carbonyl (C=O) groups is 23. The SMILES string of the molecule is N=C(N)NCCC[C@@H]1NC(=O)C2CCCN2C(=O)[C@H](CCCCN)NC(=O)[C@H](CCC(N)=O)NC(=O)[C@H](CCCCN)NC(=O)[C@@H]2CSC(=N2)c2cc(cs2)C[C@@H](C(=O)N[C@@H](CO)C(=O)N[C@@H](CC(=O)O)C(=O)N[C@@H](Cc2ccc(O)cc2)C(=O)N[C@@H](CCCCCN)C(=O)N[C@@H](CC(=O)O)C(=O)N[C@@H](CC(=O)O)C(=O)N[C@@H](CC(=O)O)C(=O)NC(CC(=O)O)C(=O)N[C@@H](CCCCN)C(=O)O)NC(=O)[C@H](CO)NC1=O. The number of carboxylic acids is 6. The maximum atomic E-state index is 15.0. The Kier molecular flexibility index (Phi) is 52.7. The summed E-state index contributed by atoms with van der Waals surface area (Å²) in [5.41, 5.74) is 34.2. The molecule has 3 aliphatic rings. The molecule has 17 atom stereocenters. The maximum Gasteiger partial charge on any atom is 0.326 e. The number of nitrogens with zero attached hydrogens (tertiary/aromatic N) is 2. The molecule has 2 unspecified atom stereocenters. The molecule has 4 heterocycles. The number of thiophene rings is 1. The van der Waals surface area contributed by atoms with Crippen molar-refractivity contribution in [1.82, 2.24) is 90.0 Å². The molecular weight excluding hydrogens is 1970 g/mol. The Hall–Kier alpha value is -14.4. The van der Waals surface area contributed by atoms with E-state index >= 15 is 4.79 Å². The molecule has 57 nitrogen and oxygen atoms in total. The normalized spacial score (nSPS) is 19.8.